The van der Waals surface area contributed by atoms with Crippen molar-refractivity contribution in [2.24, 2.45) is 0 Å². The average molecular weight is 366 g/mol. The highest BCUT2D eigenvalue weighted by atomic mass is 19.2. The number of nitrogens with zero attached hydrogens (tertiary/aromatic N) is 1. The molecule has 25 heavy (non-hydrogen) atoms. The van der Waals surface area contributed by atoms with Crippen LogP contribution in [0.2, 0.25) is 0 Å². The van der Waals surface area contributed by atoms with Crippen molar-refractivity contribution in [2.45, 2.75) is 31.3 Å². The van der Waals surface area contributed by atoms with Crippen molar-refractivity contribution in [3.05, 3.63) is 34.6 Å². The summed E-state index contributed by atoms with van der Waals surface area (Å²) >= 11 is 0. The van der Waals surface area contributed by atoms with Gasteiger partial charge in [0.15, 0.2) is 28.8 Å². The monoisotopic (exact) mass is 366 g/mol. The van der Waals surface area contributed by atoms with Crippen LogP contribution in [0.1, 0.15) is 25.3 Å². The van der Waals surface area contributed by atoms with Crippen LogP contribution in [0.4, 0.5) is 22.0 Å². The summed E-state index contributed by atoms with van der Waals surface area (Å²) in [7, 11) is 1.40. The minimum atomic E-state index is -2.67. The lowest BCUT2D eigenvalue weighted by molar-refractivity contribution is -0.158. The highest BCUT2D eigenvalue weighted by Crippen LogP contribution is 2.43. The Morgan fingerprint density at radius 3 is 2.00 bits per heavy atom. The fourth-order valence-electron chi connectivity index (χ4n) is 3.03. The van der Waals surface area contributed by atoms with Gasteiger partial charge in [0.2, 0.25) is 11.7 Å². The molecule has 1 aromatic carbocycles. The molecule has 0 spiro atoms. The van der Waals surface area contributed by atoms with Crippen LogP contribution in [0, 0.1) is 29.1 Å². The van der Waals surface area contributed by atoms with E-state index in [4.69, 9.17) is 0 Å². The van der Waals surface area contributed by atoms with Crippen LogP contribution in [-0.2, 0) is 15.1 Å². The molecule has 0 aliphatic carbocycles. The Hall–Kier alpha value is -2.23. The van der Waals surface area contributed by atoms with Crippen molar-refractivity contribution >= 4 is 11.9 Å². The molecule has 2 atom stereocenters. The molecule has 1 amide bonds. The van der Waals surface area contributed by atoms with Gasteiger partial charge in [-0.3, -0.25) is 4.79 Å². The second-order valence-electron chi connectivity index (χ2n) is 5.71. The molecule has 2 rings (SSSR count). The number of carboxylic acids is 1. The highest BCUT2D eigenvalue weighted by molar-refractivity contribution is 5.91. The van der Waals surface area contributed by atoms with E-state index in [1.807, 2.05) is 0 Å². The Morgan fingerprint density at radius 1 is 1.08 bits per heavy atom. The van der Waals surface area contributed by atoms with Gasteiger partial charge >= 0.3 is 5.97 Å². The molecule has 5 nitrogen and oxygen atoms in total. The zero-order chi connectivity index (χ0) is 19.1. The van der Waals surface area contributed by atoms with Crippen molar-refractivity contribution < 1.29 is 36.6 Å². The van der Waals surface area contributed by atoms with Gasteiger partial charge in [0.25, 0.3) is 0 Å². The maximum Gasteiger partial charge on any atom is 0.334 e. The van der Waals surface area contributed by atoms with Gasteiger partial charge in [-0.05, 0) is 26.8 Å². The van der Waals surface area contributed by atoms with E-state index in [1.165, 1.54) is 14.0 Å². The van der Waals surface area contributed by atoms with Crippen LogP contribution in [0.5, 0.6) is 0 Å². The first-order valence-electron chi connectivity index (χ1n) is 7.35. The summed E-state index contributed by atoms with van der Waals surface area (Å²) in [6.07, 6.45) is -0.461. The Morgan fingerprint density at radius 2 is 1.56 bits per heavy atom. The fraction of sp³-hybridized carbons (Fsp3) is 0.467. The normalized spacial score (nSPS) is 21.5. The molecule has 138 valence electrons. The number of rotatable bonds is 4. The molecule has 0 radical (unpaired) electrons. The van der Waals surface area contributed by atoms with Gasteiger partial charge in [0.05, 0.1) is 11.6 Å². The van der Waals surface area contributed by atoms with E-state index in [2.05, 4.69) is 5.32 Å². The lowest BCUT2D eigenvalue weighted by Gasteiger charge is -2.37. The SMILES string of the molecule is CN[C@@H](C)C(=O)N1CCC[C@]1(C(=O)O)c1c(F)c(F)c(F)c(F)c1F. The summed E-state index contributed by atoms with van der Waals surface area (Å²) in [6, 6.07) is -0.918. The van der Waals surface area contributed by atoms with Gasteiger partial charge < -0.3 is 15.3 Å². The summed E-state index contributed by atoms with van der Waals surface area (Å²) in [4.78, 5) is 24.9. The lowest BCUT2D eigenvalue weighted by atomic mass is 9.85. The number of likely N-dealkylation sites (N-methyl/N-ethyl adjacent to an activating group) is 1. The summed E-state index contributed by atoms with van der Waals surface area (Å²) < 4.78 is 68.9. The Labute approximate surface area is 139 Å². The molecule has 1 saturated heterocycles. The number of benzene rings is 1. The molecule has 1 heterocycles. The molecule has 1 fully saturated rings. The number of amides is 1. The van der Waals surface area contributed by atoms with Crippen LogP contribution in [-0.4, -0.2) is 41.5 Å². The van der Waals surface area contributed by atoms with Crippen molar-refractivity contribution in [1.29, 1.82) is 0 Å². The van der Waals surface area contributed by atoms with Crippen LogP contribution < -0.4 is 5.32 Å². The van der Waals surface area contributed by atoms with Gasteiger partial charge in [-0.1, -0.05) is 0 Å². The minimum absolute atomic E-state index is 0.0218. The number of hydrogen-bond acceptors (Lipinski definition) is 3. The largest absolute Gasteiger partial charge is 0.479 e. The second-order valence-corrected chi connectivity index (χ2v) is 5.71. The minimum Gasteiger partial charge on any atom is -0.479 e. The van der Waals surface area contributed by atoms with Crippen LogP contribution in [0.15, 0.2) is 0 Å². The first-order chi connectivity index (χ1) is 11.6. The number of carbonyl (C=O) groups is 2. The molecule has 1 aliphatic heterocycles. The fourth-order valence-corrected chi connectivity index (χ4v) is 3.03. The number of likely N-dealkylation sites (tertiary alicyclic amines) is 1. The van der Waals surface area contributed by atoms with Crippen molar-refractivity contribution in [3.8, 4) is 0 Å². The summed E-state index contributed by atoms with van der Waals surface area (Å²) in [5.74, 6) is -14.1. The van der Waals surface area contributed by atoms with Crippen LogP contribution in [0.3, 0.4) is 0 Å². The Balaban J connectivity index is 2.79. The lowest BCUT2D eigenvalue weighted by Crippen LogP contribution is -2.56. The van der Waals surface area contributed by atoms with E-state index >= 15 is 0 Å². The molecule has 10 heteroatoms. The average Bonchev–Trinajstić information content (AvgIpc) is 3.02. The number of carbonyl (C=O) groups excluding carboxylic acids is 1. The standard InChI is InChI=1S/C15H15F5N2O3/c1-6(21-2)13(23)22-5-3-4-15(22,14(24)25)7-8(16)10(18)12(20)11(19)9(7)17/h6,21H,3-5H2,1-2H3,(H,24,25)/t6-,15+/m0/s1. The zero-order valence-electron chi connectivity index (χ0n) is 13.3. The maximum atomic E-state index is 14.2. The maximum absolute atomic E-state index is 14.2. The van der Waals surface area contributed by atoms with Gasteiger partial charge in [0, 0.05) is 6.54 Å². The van der Waals surface area contributed by atoms with Crippen molar-refractivity contribution in [3.63, 3.8) is 0 Å². The molecular formula is C15H15F5N2O3. The van der Waals surface area contributed by atoms with Crippen molar-refractivity contribution in [2.75, 3.05) is 13.6 Å². The number of aliphatic carboxylic acids is 1. The van der Waals surface area contributed by atoms with E-state index in [-0.39, 0.29) is 13.0 Å². The van der Waals surface area contributed by atoms with Gasteiger partial charge in [0.1, 0.15) is 0 Å². The van der Waals surface area contributed by atoms with Crippen LogP contribution in [0.25, 0.3) is 0 Å². The van der Waals surface area contributed by atoms with Crippen LogP contribution >= 0.6 is 0 Å². The number of hydrogen-bond donors (Lipinski definition) is 2. The second kappa shape index (κ2) is 6.58. The van der Waals surface area contributed by atoms with Crippen molar-refractivity contribution in [1.82, 2.24) is 10.2 Å². The third-order valence-corrected chi connectivity index (χ3v) is 4.43. The zero-order valence-corrected chi connectivity index (χ0v) is 13.3. The summed E-state index contributed by atoms with van der Waals surface area (Å²) in [5, 5.41) is 12.2. The van der Waals surface area contributed by atoms with Gasteiger partial charge in [-0.2, -0.15) is 0 Å². The molecule has 1 aromatic rings. The summed E-state index contributed by atoms with van der Waals surface area (Å²) in [5.41, 5.74) is -4.20. The van der Waals surface area contributed by atoms with E-state index in [9.17, 15) is 36.6 Å². The van der Waals surface area contributed by atoms with E-state index in [1.54, 1.807) is 0 Å². The van der Waals surface area contributed by atoms with Gasteiger partial charge in [-0.15, -0.1) is 0 Å². The smallest absolute Gasteiger partial charge is 0.334 e. The van der Waals surface area contributed by atoms with E-state index in [0.29, 0.717) is 4.90 Å². The first-order valence-corrected chi connectivity index (χ1v) is 7.35. The molecule has 2 N–H and O–H groups in total. The molecule has 0 unspecified atom stereocenters. The summed E-state index contributed by atoms with van der Waals surface area (Å²) in [6.45, 7) is 1.18. The predicted octanol–water partition coefficient (Wildman–Crippen LogP) is 1.89. The molecule has 0 saturated carbocycles. The van der Waals surface area contributed by atoms with E-state index in [0.717, 1.165) is 0 Å². The first kappa shape index (κ1) is 19.1. The Bertz CT molecular complexity index is 713. The highest BCUT2D eigenvalue weighted by Gasteiger charge is 2.56. The topological polar surface area (TPSA) is 69.6 Å². The van der Waals surface area contributed by atoms with E-state index < -0.39 is 64.5 Å². The number of nitrogens with one attached hydrogen (secondary N) is 1. The third kappa shape index (κ3) is 2.64. The Kier molecular flexibility index (Phi) is 5.03. The molecule has 0 bridgehead atoms. The third-order valence-electron chi connectivity index (χ3n) is 4.43. The predicted molar refractivity (Wildman–Crippen MR) is 75.0 cm³/mol. The molecular weight excluding hydrogens is 351 g/mol. The molecule has 0 aromatic heterocycles. The molecule has 1 aliphatic rings. The van der Waals surface area contributed by atoms with Gasteiger partial charge in [-0.25, -0.2) is 26.7 Å². The number of carboxylic acid groups (broad SMARTS) is 1. The quantitative estimate of drug-likeness (QED) is 0.485. The number of halogens is 5.